The van der Waals surface area contributed by atoms with E-state index in [1.165, 1.54) is 6.07 Å². The number of nitrogens with zero attached hydrogens (tertiary/aromatic N) is 5. The normalized spacial score (nSPS) is 14.5. The SMILES string of the molecule is C=C(c1ccc2cnc(Nc3ccc(-n4cccn4)cc3F)cc2n1)C1CCN(C(=O)OC(C)(C)C)CC1. The number of carbonyl (C=O) groups is 1. The molecule has 0 bridgehead atoms. The summed E-state index contributed by atoms with van der Waals surface area (Å²) >= 11 is 0. The summed E-state index contributed by atoms with van der Waals surface area (Å²) in [6, 6.07) is 12.4. The molecule has 1 aliphatic heterocycles. The van der Waals surface area contributed by atoms with Crippen molar-refractivity contribution in [3.63, 3.8) is 0 Å². The van der Waals surface area contributed by atoms with Crippen molar-refractivity contribution in [1.29, 1.82) is 0 Å². The van der Waals surface area contributed by atoms with Crippen LogP contribution in [0.5, 0.6) is 0 Å². The van der Waals surface area contributed by atoms with Gasteiger partial charge in [0.1, 0.15) is 17.2 Å². The molecule has 38 heavy (non-hydrogen) atoms. The Morgan fingerprint density at radius 1 is 1.16 bits per heavy atom. The Kier molecular flexibility index (Phi) is 6.84. The average molecular weight is 515 g/mol. The smallest absolute Gasteiger partial charge is 0.410 e. The second kappa shape index (κ2) is 10.2. The molecule has 1 amide bonds. The second-order valence-corrected chi connectivity index (χ2v) is 10.5. The number of nitrogens with one attached hydrogen (secondary N) is 1. The lowest BCUT2D eigenvalue weighted by molar-refractivity contribution is 0.0199. The molecule has 0 atom stereocenters. The number of rotatable bonds is 5. The third-order valence-corrected chi connectivity index (χ3v) is 6.53. The van der Waals surface area contributed by atoms with Gasteiger partial charge in [0, 0.05) is 49.2 Å². The molecule has 0 saturated carbocycles. The van der Waals surface area contributed by atoms with Crippen molar-refractivity contribution in [1.82, 2.24) is 24.6 Å². The fourth-order valence-electron chi connectivity index (χ4n) is 4.52. The zero-order valence-electron chi connectivity index (χ0n) is 21.8. The Morgan fingerprint density at radius 3 is 2.63 bits per heavy atom. The lowest BCUT2D eigenvalue weighted by Crippen LogP contribution is -2.41. The molecular formula is C29H31FN6O2. The number of pyridine rings is 2. The van der Waals surface area contributed by atoms with Crippen molar-refractivity contribution in [2.75, 3.05) is 18.4 Å². The highest BCUT2D eigenvalue weighted by atomic mass is 19.1. The quantitative estimate of drug-likeness (QED) is 0.334. The van der Waals surface area contributed by atoms with Gasteiger partial charge in [-0.1, -0.05) is 6.58 Å². The third kappa shape index (κ3) is 5.66. The van der Waals surface area contributed by atoms with Crippen LogP contribution in [0.2, 0.25) is 0 Å². The van der Waals surface area contributed by atoms with E-state index in [1.54, 1.807) is 52.4 Å². The number of amides is 1. The number of hydrogen-bond donors (Lipinski definition) is 1. The molecule has 5 rings (SSSR count). The molecule has 196 valence electrons. The highest BCUT2D eigenvalue weighted by Crippen LogP contribution is 2.31. The van der Waals surface area contributed by atoms with Crippen LogP contribution in [-0.4, -0.2) is 49.4 Å². The number of benzene rings is 1. The maximum Gasteiger partial charge on any atom is 0.410 e. The van der Waals surface area contributed by atoms with E-state index < -0.39 is 11.4 Å². The number of likely N-dealkylation sites (tertiary alicyclic amines) is 1. The fraction of sp³-hybridized carbons (Fsp3) is 0.310. The summed E-state index contributed by atoms with van der Waals surface area (Å²) in [5.74, 6) is 0.303. The van der Waals surface area contributed by atoms with Crippen LogP contribution >= 0.6 is 0 Å². The van der Waals surface area contributed by atoms with Gasteiger partial charge in [-0.3, -0.25) is 0 Å². The van der Waals surface area contributed by atoms with Crippen molar-refractivity contribution in [2.24, 2.45) is 5.92 Å². The standard InChI is InChI=1S/C29H31FN6O2/c1-19(20-10-14-35(15-11-20)28(37)38-29(2,3)4)24-8-6-21-18-31-27(17-26(21)33-24)34-25-9-7-22(16-23(25)30)36-13-5-12-32-36/h5-9,12-13,16-18,20H,1,10-11,14-15H2,2-4H3,(H,31,34). The summed E-state index contributed by atoms with van der Waals surface area (Å²) in [5, 5.41) is 8.06. The Bertz CT molecular complexity index is 1470. The van der Waals surface area contributed by atoms with Gasteiger partial charge in [-0.25, -0.2) is 23.8 Å². The number of carbonyl (C=O) groups excluding carboxylic acids is 1. The Labute approximate surface area is 221 Å². The van der Waals surface area contributed by atoms with Crippen LogP contribution in [0.15, 0.2) is 67.6 Å². The molecule has 1 N–H and O–H groups in total. The topological polar surface area (TPSA) is 85.2 Å². The number of hydrogen-bond acceptors (Lipinski definition) is 6. The van der Waals surface area contributed by atoms with Gasteiger partial charge in [0.15, 0.2) is 0 Å². The maximum absolute atomic E-state index is 14.8. The van der Waals surface area contributed by atoms with Gasteiger partial charge in [-0.2, -0.15) is 5.10 Å². The summed E-state index contributed by atoms with van der Waals surface area (Å²) in [7, 11) is 0. The third-order valence-electron chi connectivity index (χ3n) is 6.53. The van der Waals surface area contributed by atoms with E-state index in [9.17, 15) is 9.18 Å². The van der Waals surface area contributed by atoms with Gasteiger partial charge in [0.25, 0.3) is 0 Å². The van der Waals surface area contributed by atoms with Crippen molar-refractivity contribution in [3.05, 3.63) is 79.1 Å². The molecule has 0 aliphatic carbocycles. The van der Waals surface area contributed by atoms with Gasteiger partial charge in [-0.15, -0.1) is 0 Å². The minimum atomic E-state index is -0.509. The van der Waals surface area contributed by atoms with Crippen LogP contribution in [0.25, 0.3) is 22.2 Å². The first-order valence-electron chi connectivity index (χ1n) is 12.7. The molecule has 8 nitrogen and oxygen atoms in total. The van der Waals surface area contributed by atoms with Crippen molar-refractivity contribution in [3.8, 4) is 5.69 Å². The van der Waals surface area contributed by atoms with E-state index >= 15 is 0 Å². The minimum absolute atomic E-state index is 0.223. The van der Waals surface area contributed by atoms with E-state index in [1.807, 2.05) is 32.9 Å². The monoisotopic (exact) mass is 514 g/mol. The maximum atomic E-state index is 14.8. The lowest BCUT2D eigenvalue weighted by Gasteiger charge is -2.34. The average Bonchev–Trinajstić information content (AvgIpc) is 3.43. The summed E-state index contributed by atoms with van der Waals surface area (Å²) in [6.45, 7) is 11.2. The molecule has 4 aromatic rings. The molecule has 1 saturated heterocycles. The Balaban J connectivity index is 1.27. The first-order valence-corrected chi connectivity index (χ1v) is 12.7. The zero-order chi connectivity index (χ0) is 26.9. The predicted octanol–water partition coefficient (Wildman–Crippen LogP) is 6.36. The number of allylic oxidation sites excluding steroid dienone is 1. The number of ether oxygens (including phenoxy) is 1. The van der Waals surface area contributed by atoms with Crippen LogP contribution in [-0.2, 0) is 4.74 Å². The van der Waals surface area contributed by atoms with Gasteiger partial charge >= 0.3 is 6.09 Å². The van der Waals surface area contributed by atoms with E-state index in [0.29, 0.717) is 30.3 Å². The van der Waals surface area contributed by atoms with E-state index in [2.05, 4.69) is 22.0 Å². The number of anilines is 2. The van der Waals surface area contributed by atoms with Gasteiger partial charge in [-0.05, 0) is 75.4 Å². The Morgan fingerprint density at radius 2 is 1.95 bits per heavy atom. The number of piperidine rings is 1. The molecular weight excluding hydrogens is 483 g/mol. The largest absolute Gasteiger partial charge is 0.444 e. The van der Waals surface area contributed by atoms with Gasteiger partial charge < -0.3 is 15.0 Å². The highest BCUT2D eigenvalue weighted by molar-refractivity contribution is 5.83. The van der Waals surface area contributed by atoms with Crippen LogP contribution in [0.1, 0.15) is 39.3 Å². The van der Waals surface area contributed by atoms with E-state index in [4.69, 9.17) is 9.72 Å². The summed E-state index contributed by atoms with van der Waals surface area (Å²) in [4.78, 5) is 23.4. The number of halogens is 1. The predicted molar refractivity (Wildman–Crippen MR) is 146 cm³/mol. The van der Waals surface area contributed by atoms with Crippen molar-refractivity contribution in [2.45, 2.75) is 39.2 Å². The van der Waals surface area contributed by atoms with Crippen molar-refractivity contribution >= 4 is 34.1 Å². The first-order chi connectivity index (χ1) is 18.2. The molecule has 1 aromatic carbocycles. The lowest BCUT2D eigenvalue weighted by atomic mass is 9.88. The minimum Gasteiger partial charge on any atom is -0.444 e. The fourth-order valence-corrected chi connectivity index (χ4v) is 4.52. The highest BCUT2D eigenvalue weighted by Gasteiger charge is 2.28. The first kappa shape index (κ1) is 25.4. The van der Waals surface area contributed by atoms with Crippen molar-refractivity contribution < 1.29 is 13.9 Å². The van der Waals surface area contributed by atoms with Crippen LogP contribution in [0.3, 0.4) is 0 Å². The molecule has 4 heterocycles. The Hall–Kier alpha value is -4.27. The molecule has 1 fully saturated rings. The number of fused-ring (bicyclic) bond motifs is 1. The summed E-state index contributed by atoms with van der Waals surface area (Å²) < 4.78 is 21.9. The molecule has 3 aromatic heterocycles. The van der Waals surface area contributed by atoms with Gasteiger partial charge in [0.2, 0.25) is 0 Å². The zero-order valence-corrected chi connectivity index (χ0v) is 21.8. The van der Waals surface area contributed by atoms with E-state index in [-0.39, 0.29) is 12.0 Å². The summed E-state index contributed by atoms with van der Waals surface area (Å²) in [5.41, 5.74) is 2.92. The van der Waals surface area contributed by atoms with Gasteiger partial charge in [0.05, 0.1) is 22.6 Å². The molecule has 0 radical (unpaired) electrons. The number of aromatic nitrogens is 4. The molecule has 1 aliphatic rings. The van der Waals surface area contributed by atoms with E-state index in [0.717, 1.165) is 35.0 Å². The summed E-state index contributed by atoms with van der Waals surface area (Å²) in [6.07, 6.45) is 6.45. The van der Waals surface area contributed by atoms with Crippen LogP contribution in [0, 0.1) is 11.7 Å². The second-order valence-electron chi connectivity index (χ2n) is 10.5. The molecule has 0 unspecified atom stereocenters. The molecule has 0 spiro atoms. The van der Waals surface area contributed by atoms with Crippen LogP contribution in [0.4, 0.5) is 20.7 Å². The molecule has 9 heteroatoms. The van der Waals surface area contributed by atoms with Crippen LogP contribution < -0.4 is 5.32 Å².